The fraction of sp³-hybridized carbons (Fsp3) is 0.738. The van der Waals surface area contributed by atoms with Crippen molar-refractivity contribution in [1.29, 1.82) is 0 Å². The number of carbonyl (C=O) groups is 3. The van der Waals surface area contributed by atoms with Crippen LogP contribution in [0.3, 0.4) is 0 Å². The first kappa shape index (κ1) is 67.6. The van der Waals surface area contributed by atoms with E-state index in [9.17, 15) is 14.4 Å². The second-order valence-electron chi connectivity index (χ2n) is 19.9. The van der Waals surface area contributed by atoms with Crippen molar-refractivity contribution < 1.29 is 28.6 Å². The molecule has 0 aromatic heterocycles. The lowest BCUT2D eigenvalue weighted by Crippen LogP contribution is -2.30. The molecular weight excluding hydrogens is 877 g/mol. The predicted octanol–water partition coefficient (Wildman–Crippen LogP) is 20.3. The molecule has 0 aliphatic carbocycles. The van der Waals surface area contributed by atoms with Gasteiger partial charge in [0.05, 0.1) is 0 Å². The van der Waals surface area contributed by atoms with E-state index in [1.54, 1.807) is 0 Å². The van der Waals surface area contributed by atoms with Crippen LogP contribution in [0.1, 0.15) is 290 Å². The Labute approximate surface area is 439 Å². The van der Waals surface area contributed by atoms with Crippen molar-refractivity contribution >= 4 is 17.9 Å². The van der Waals surface area contributed by atoms with Crippen LogP contribution in [-0.4, -0.2) is 37.2 Å². The molecule has 0 radical (unpaired) electrons. The van der Waals surface area contributed by atoms with Crippen molar-refractivity contribution in [2.24, 2.45) is 0 Å². The number of ether oxygens (including phenoxy) is 3. The normalized spacial score (nSPS) is 12.7. The fourth-order valence-corrected chi connectivity index (χ4v) is 8.39. The van der Waals surface area contributed by atoms with Gasteiger partial charge in [0.1, 0.15) is 13.2 Å². The lowest BCUT2D eigenvalue weighted by atomic mass is 10.0. The molecule has 0 fully saturated rings. The Morgan fingerprint density at radius 2 is 0.563 bits per heavy atom. The molecule has 71 heavy (non-hydrogen) atoms. The number of rotatable bonds is 54. The third-order valence-electron chi connectivity index (χ3n) is 12.9. The summed E-state index contributed by atoms with van der Waals surface area (Å²) in [5.41, 5.74) is 0. The van der Waals surface area contributed by atoms with Crippen molar-refractivity contribution in [3.05, 3.63) is 85.1 Å². The molecule has 6 heteroatoms. The zero-order chi connectivity index (χ0) is 51.4. The molecule has 1 atom stereocenters. The standard InChI is InChI=1S/C65H112O6/c1-4-7-10-13-16-19-22-25-28-31-32-35-37-40-43-46-49-52-55-58-64(67)70-61-62(71-65(68)59-56-53-50-47-44-41-38-34-30-27-24-21-18-15-12-9-6-3)60-69-63(66)57-54-51-48-45-42-39-36-33-29-26-23-20-17-14-11-8-5-2/h9,12,16,18-19,21,25,27-28,30,38,41,47,50,62H,4-8,10-11,13-15,17,20,22-24,26,29,31-37,39-40,42-46,48-49,51-61H2,1-3H3/b12-9-,19-16-,21-18-,28-25-,30-27-,41-38-,50-47-/t62-/m0/s1. The molecular formula is C65H112O6. The van der Waals surface area contributed by atoms with Crippen LogP contribution in [0.4, 0.5) is 0 Å². The van der Waals surface area contributed by atoms with E-state index in [2.05, 4.69) is 106 Å². The fourth-order valence-electron chi connectivity index (χ4n) is 8.39. The third-order valence-corrected chi connectivity index (χ3v) is 12.9. The van der Waals surface area contributed by atoms with E-state index in [0.29, 0.717) is 19.3 Å². The summed E-state index contributed by atoms with van der Waals surface area (Å²) in [6.45, 7) is 6.48. The molecule has 0 aliphatic rings. The summed E-state index contributed by atoms with van der Waals surface area (Å²) in [5, 5.41) is 0. The summed E-state index contributed by atoms with van der Waals surface area (Å²) >= 11 is 0. The summed E-state index contributed by atoms with van der Waals surface area (Å²) in [6, 6.07) is 0. The van der Waals surface area contributed by atoms with E-state index in [4.69, 9.17) is 14.2 Å². The lowest BCUT2D eigenvalue weighted by molar-refractivity contribution is -0.167. The minimum absolute atomic E-state index is 0.0981. The first-order chi connectivity index (χ1) is 35.0. The van der Waals surface area contributed by atoms with E-state index >= 15 is 0 Å². The smallest absolute Gasteiger partial charge is 0.306 e. The Morgan fingerprint density at radius 1 is 0.296 bits per heavy atom. The number of hydrogen-bond acceptors (Lipinski definition) is 6. The molecule has 0 bridgehead atoms. The summed E-state index contributed by atoms with van der Waals surface area (Å²) in [5.74, 6) is -0.951. The summed E-state index contributed by atoms with van der Waals surface area (Å²) in [6.07, 6.45) is 77.2. The number of unbranched alkanes of at least 4 members (excludes halogenated alkanes) is 29. The number of allylic oxidation sites excluding steroid dienone is 14. The van der Waals surface area contributed by atoms with Crippen LogP contribution in [0.25, 0.3) is 0 Å². The van der Waals surface area contributed by atoms with E-state index in [1.807, 2.05) is 0 Å². The van der Waals surface area contributed by atoms with Gasteiger partial charge in [0.25, 0.3) is 0 Å². The maximum atomic E-state index is 12.9. The van der Waals surface area contributed by atoms with Gasteiger partial charge in [0.2, 0.25) is 0 Å². The van der Waals surface area contributed by atoms with Gasteiger partial charge in [-0.3, -0.25) is 14.4 Å². The van der Waals surface area contributed by atoms with Crippen molar-refractivity contribution in [2.45, 2.75) is 297 Å². The molecule has 0 amide bonds. The van der Waals surface area contributed by atoms with Gasteiger partial charge in [-0.05, 0) is 89.9 Å². The van der Waals surface area contributed by atoms with Crippen LogP contribution < -0.4 is 0 Å². The number of carbonyl (C=O) groups excluding carboxylic acids is 3. The van der Waals surface area contributed by atoms with Gasteiger partial charge in [0.15, 0.2) is 6.10 Å². The zero-order valence-electron chi connectivity index (χ0n) is 46.7. The first-order valence-corrected chi connectivity index (χ1v) is 30.1. The van der Waals surface area contributed by atoms with Crippen LogP contribution >= 0.6 is 0 Å². The molecule has 0 aliphatic heterocycles. The van der Waals surface area contributed by atoms with Crippen molar-refractivity contribution in [2.75, 3.05) is 13.2 Å². The lowest BCUT2D eigenvalue weighted by Gasteiger charge is -2.18. The van der Waals surface area contributed by atoms with Crippen molar-refractivity contribution in [3.8, 4) is 0 Å². The average Bonchev–Trinajstić information content (AvgIpc) is 3.37. The highest BCUT2D eigenvalue weighted by atomic mass is 16.6. The molecule has 6 nitrogen and oxygen atoms in total. The Morgan fingerprint density at radius 3 is 0.930 bits per heavy atom. The Balaban J connectivity index is 4.45. The van der Waals surface area contributed by atoms with Gasteiger partial charge < -0.3 is 14.2 Å². The van der Waals surface area contributed by atoms with Crippen molar-refractivity contribution in [1.82, 2.24) is 0 Å². The SMILES string of the molecule is CC/C=C\C/C=C\C/C=C\C/C=C\C/C=C\CCCC(=O)O[C@H](COC(=O)CCCCCCCCCCC/C=C\C/C=C\CCCCC)COC(=O)CCCCCCCCCCCCCCCCCCC. The maximum Gasteiger partial charge on any atom is 0.306 e. The van der Waals surface area contributed by atoms with E-state index in [0.717, 1.165) is 83.5 Å². The van der Waals surface area contributed by atoms with E-state index in [1.165, 1.54) is 161 Å². The van der Waals surface area contributed by atoms with E-state index in [-0.39, 0.29) is 37.5 Å². The Bertz CT molecular complexity index is 1370. The first-order valence-electron chi connectivity index (χ1n) is 30.1. The predicted molar refractivity (Wildman–Crippen MR) is 307 cm³/mol. The van der Waals surface area contributed by atoms with Crippen molar-refractivity contribution in [3.63, 3.8) is 0 Å². The highest BCUT2D eigenvalue weighted by Crippen LogP contribution is 2.16. The van der Waals surface area contributed by atoms with Gasteiger partial charge in [-0.2, -0.15) is 0 Å². The summed E-state index contributed by atoms with van der Waals surface area (Å²) in [4.78, 5) is 38.2. The quantitative estimate of drug-likeness (QED) is 0.0261. The van der Waals surface area contributed by atoms with Gasteiger partial charge in [-0.15, -0.1) is 0 Å². The molecule has 0 aromatic carbocycles. The van der Waals surface area contributed by atoms with E-state index < -0.39 is 6.10 Å². The molecule has 0 aromatic rings. The van der Waals surface area contributed by atoms with Crippen LogP contribution in [0.15, 0.2) is 85.1 Å². The Kier molecular flexibility index (Phi) is 56.3. The minimum atomic E-state index is -0.807. The summed E-state index contributed by atoms with van der Waals surface area (Å²) < 4.78 is 16.9. The highest BCUT2D eigenvalue weighted by molar-refractivity contribution is 5.71. The number of hydrogen-bond donors (Lipinski definition) is 0. The molecule has 0 spiro atoms. The van der Waals surface area contributed by atoms with Crippen LogP contribution in [0, 0.1) is 0 Å². The Hall–Kier alpha value is -3.41. The zero-order valence-corrected chi connectivity index (χ0v) is 46.7. The number of esters is 3. The van der Waals surface area contributed by atoms with Crippen LogP contribution in [0.2, 0.25) is 0 Å². The molecule has 0 saturated heterocycles. The van der Waals surface area contributed by atoms with Crippen LogP contribution in [0.5, 0.6) is 0 Å². The van der Waals surface area contributed by atoms with Gasteiger partial charge in [0, 0.05) is 19.3 Å². The molecule has 0 rings (SSSR count). The molecule has 0 heterocycles. The average molecular weight is 990 g/mol. The minimum Gasteiger partial charge on any atom is -0.462 e. The third kappa shape index (κ3) is 57.4. The van der Waals surface area contributed by atoms with Crippen LogP contribution in [-0.2, 0) is 28.6 Å². The van der Waals surface area contributed by atoms with Gasteiger partial charge in [-0.1, -0.05) is 266 Å². The van der Waals surface area contributed by atoms with Gasteiger partial charge >= 0.3 is 17.9 Å². The summed E-state index contributed by atoms with van der Waals surface area (Å²) in [7, 11) is 0. The van der Waals surface area contributed by atoms with Gasteiger partial charge in [-0.25, -0.2) is 0 Å². The highest BCUT2D eigenvalue weighted by Gasteiger charge is 2.19. The second kappa shape index (κ2) is 59.2. The molecule has 0 unspecified atom stereocenters. The molecule has 0 saturated carbocycles. The monoisotopic (exact) mass is 989 g/mol. The maximum absolute atomic E-state index is 12.9. The molecule has 0 N–H and O–H groups in total. The topological polar surface area (TPSA) is 78.9 Å². The second-order valence-corrected chi connectivity index (χ2v) is 19.9. The largest absolute Gasteiger partial charge is 0.462 e. The molecule has 408 valence electrons.